The van der Waals surface area contributed by atoms with Crippen LogP contribution in [0.5, 0.6) is 0 Å². The summed E-state index contributed by atoms with van der Waals surface area (Å²) in [4.78, 5) is 6.56. The number of aromatic nitrogens is 1. The smallest absolute Gasteiger partial charge is 0.127 e. The third-order valence-electron chi connectivity index (χ3n) is 2.74. The average Bonchev–Trinajstić information content (AvgIpc) is 2.89. The van der Waals surface area contributed by atoms with Gasteiger partial charge in [0.05, 0.1) is 0 Å². The van der Waals surface area contributed by atoms with Crippen LogP contribution in [-0.2, 0) is 6.54 Å². The van der Waals surface area contributed by atoms with Gasteiger partial charge in [0.25, 0.3) is 0 Å². The number of hydrogen-bond acceptors (Lipinski definition) is 4. The average molecular weight is 261 g/mol. The molecule has 0 radical (unpaired) electrons. The molecule has 2 heterocycles. The summed E-state index contributed by atoms with van der Waals surface area (Å²) in [5.74, 6) is 0.950. The van der Waals surface area contributed by atoms with Gasteiger partial charge in [-0.15, -0.1) is 0 Å². The van der Waals surface area contributed by atoms with Gasteiger partial charge in [-0.2, -0.15) is 11.3 Å². The Morgan fingerprint density at radius 2 is 2.28 bits per heavy atom. The van der Waals surface area contributed by atoms with Crippen LogP contribution in [0.25, 0.3) is 0 Å². The SMILES string of the molecule is CCCNc1cc(N(C)Cc2ccsc2)ccn1. The molecule has 0 aliphatic carbocycles. The molecule has 0 aromatic carbocycles. The second kappa shape index (κ2) is 6.40. The van der Waals surface area contributed by atoms with Crippen LogP contribution >= 0.6 is 11.3 Å². The molecular weight excluding hydrogens is 242 g/mol. The highest BCUT2D eigenvalue weighted by atomic mass is 32.1. The van der Waals surface area contributed by atoms with Crippen molar-refractivity contribution in [3.8, 4) is 0 Å². The third-order valence-corrected chi connectivity index (χ3v) is 3.47. The van der Waals surface area contributed by atoms with Crippen molar-refractivity contribution in [1.82, 2.24) is 4.98 Å². The van der Waals surface area contributed by atoms with Gasteiger partial charge in [-0.25, -0.2) is 4.98 Å². The maximum atomic E-state index is 4.32. The van der Waals surface area contributed by atoms with Crippen LogP contribution in [0, 0.1) is 0 Å². The van der Waals surface area contributed by atoms with E-state index in [9.17, 15) is 0 Å². The fraction of sp³-hybridized carbons (Fsp3) is 0.357. The van der Waals surface area contributed by atoms with Crippen LogP contribution in [0.3, 0.4) is 0 Å². The molecule has 0 unspecified atom stereocenters. The zero-order valence-corrected chi connectivity index (χ0v) is 11.7. The van der Waals surface area contributed by atoms with Crippen LogP contribution in [-0.4, -0.2) is 18.6 Å². The molecule has 96 valence electrons. The Morgan fingerprint density at radius 3 is 3.00 bits per heavy atom. The monoisotopic (exact) mass is 261 g/mol. The minimum Gasteiger partial charge on any atom is -0.370 e. The lowest BCUT2D eigenvalue weighted by Gasteiger charge is -2.19. The first kappa shape index (κ1) is 12.9. The van der Waals surface area contributed by atoms with Crippen LogP contribution < -0.4 is 10.2 Å². The van der Waals surface area contributed by atoms with Gasteiger partial charge in [-0.1, -0.05) is 6.92 Å². The Hall–Kier alpha value is -1.55. The summed E-state index contributed by atoms with van der Waals surface area (Å²) in [6, 6.07) is 6.31. The minimum absolute atomic E-state index is 0.931. The van der Waals surface area contributed by atoms with Crippen molar-refractivity contribution in [2.24, 2.45) is 0 Å². The molecule has 3 nitrogen and oxygen atoms in total. The van der Waals surface area contributed by atoms with Gasteiger partial charge < -0.3 is 10.2 Å². The maximum absolute atomic E-state index is 4.32. The molecule has 2 aromatic heterocycles. The van der Waals surface area contributed by atoms with Gasteiger partial charge in [-0.05, 0) is 34.9 Å². The van der Waals surface area contributed by atoms with E-state index >= 15 is 0 Å². The van der Waals surface area contributed by atoms with Crippen LogP contribution in [0.4, 0.5) is 11.5 Å². The summed E-state index contributed by atoms with van der Waals surface area (Å²) in [5, 5.41) is 7.62. The van der Waals surface area contributed by atoms with Crippen LogP contribution in [0.1, 0.15) is 18.9 Å². The fourth-order valence-corrected chi connectivity index (χ4v) is 2.41. The predicted molar refractivity (Wildman–Crippen MR) is 79.4 cm³/mol. The zero-order valence-electron chi connectivity index (χ0n) is 10.9. The van der Waals surface area contributed by atoms with Crippen molar-refractivity contribution in [3.63, 3.8) is 0 Å². The van der Waals surface area contributed by atoms with E-state index in [2.05, 4.69) is 52.1 Å². The molecular formula is C14H19N3S. The molecule has 2 rings (SSSR count). The lowest BCUT2D eigenvalue weighted by Crippen LogP contribution is -2.16. The van der Waals surface area contributed by atoms with E-state index in [1.54, 1.807) is 11.3 Å². The van der Waals surface area contributed by atoms with Crippen LogP contribution in [0.15, 0.2) is 35.2 Å². The predicted octanol–water partition coefficient (Wildman–Crippen LogP) is 3.60. The molecule has 0 saturated heterocycles. The molecule has 18 heavy (non-hydrogen) atoms. The van der Waals surface area contributed by atoms with Gasteiger partial charge >= 0.3 is 0 Å². The van der Waals surface area contributed by atoms with E-state index < -0.39 is 0 Å². The van der Waals surface area contributed by atoms with Gasteiger partial charge in [0.2, 0.25) is 0 Å². The van der Waals surface area contributed by atoms with Gasteiger partial charge in [0.1, 0.15) is 5.82 Å². The zero-order chi connectivity index (χ0) is 12.8. The first-order valence-electron chi connectivity index (χ1n) is 6.21. The lowest BCUT2D eigenvalue weighted by atomic mass is 10.3. The molecule has 0 spiro atoms. The highest BCUT2D eigenvalue weighted by Crippen LogP contribution is 2.19. The first-order valence-corrected chi connectivity index (χ1v) is 7.16. The summed E-state index contributed by atoms with van der Waals surface area (Å²) < 4.78 is 0. The Labute approximate surface area is 112 Å². The molecule has 0 fully saturated rings. The first-order chi connectivity index (χ1) is 8.79. The summed E-state index contributed by atoms with van der Waals surface area (Å²) in [5.41, 5.74) is 2.54. The number of nitrogens with one attached hydrogen (secondary N) is 1. The third kappa shape index (κ3) is 3.47. The Bertz CT molecular complexity index is 468. The van der Waals surface area contributed by atoms with Crippen molar-refractivity contribution < 1.29 is 0 Å². The van der Waals surface area contributed by atoms with Crippen LogP contribution in [0.2, 0.25) is 0 Å². The van der Waals surface area contributed by atoms with Crippen molar-refractivity contribution in [3.05, 3.63) is 40.7 Å². The topological polar surface area (TPSA) is 28.2 Å². The second-order valence-electron chi connectivity index (χ2n) is 4.31. The standard InChI is InChI=1S/C14H19N3S/c1-3-6-15-14-9-13(4-7-16-14)17(2)10-12-5-8-18-11-12/h4-5,7-9,11H,3,6,10H2,1-2H3,(H,15,16). The number of thiophene rings is 1. The van der Waals surface area contributed by atoms with Gasteiger partial charge in [0, 0.05) is 38.1 Å². The Kier molecular flexibility index (Phi) is 4.59. The number of rotatable bonds is 6. The molecule has 0 amide bonds. The van der Waals surface area contributed by atoms with Crippen molar-refractivity contribution in [2.75, 3.05) is 23.8 Å². The highest BCUT2D eigenvalue weighted by Gasteiger charge is 2.04. The largest absolute Gasteiger partial charge is 0.370 e. The number of hydrogen-bond donors (Lipinski definition) is 1. The number of anilines is 2. The van der Waals surface area contributed by atoms with E-state index in [0.29, 0.717) is 0 Å². The quantitative estimate of drug-likeness (QED) is 0.861. The number of nitrogens with zero attached hydrogens (tertiary/aromatic N) is 2. The molecule has 0 atom stereocenters. The molecule has 0 aliphatic heterocycles. The number of pyridine rings is 1. The normalized spacial score (nSPS) is 10.3. The molecule has 4 heteroatoms. The Morgan fingerprint density at radius 1 is 1.39 bits per heavy atom. The molecule has 0 aliphatic rings. The highest BCUT2D eigenvalue weighted by molar-refractivity contribution is 7.07. The van der Waals surface area contributed by atoms with E-state index in [4.69, 9.17) is 0 Å². The lowest BCUT2D eigenvalue weighted by molar-refractivity contribution is 0.922. The second-order valence-corrected chi connectivity index (χ2v) is 5.09. The fourth-order valence-electron chi connectivity index (χ4n) is 1.75. The molecule has 0 bridgehead atoms. The maximum Gasteiger partial charge on any atom is 0.127 e. The van der Waals surface area contributed by atoms with E-state index in [1.807, 2.05) is 12.3 Å². The molecule has 1 N–H and O–H groups in total. The van der Waals surface area contributed by atoms with Crippen molar-refractivity contribution >= 4 is 22.8 Å². The van der Waals surface area contributed by atoms with Gasteiger partial charge in [-0.3, -0.25) is 0 Å². The summed E-state index contributed by atoms with van der Waals surface area (Å²) in [6.45, 7) is 4.05. The van der Waals surface area contributed by atoms with E-state index in [0.717, 1.165) is 25.3 Å². The summed E-state index contributed by atoms with van der Waals surface area (Å²) >= 11 is 1.74. The van der Waals surface area contributed by atoms with Gasteiger partial charge in [0.15, 0.2) is 0 Å². The molecule has 2 aromatic rings. The molecule has 0 saturated carbocycles. The van der Waals surface area contributed by atoms with E-state index in [-0.39, 0.29) is 0 Å². The summed E-state index contributed by atoms with van der Waals surface area (Å²) in [7, 11) is 2.11. The van der Waals surface area contributed by atoms with E-state index in [1.165, 1.54) is 11.3 Å². The minimum atomic E-state index is 0.931. The Balaban J connectivity index is 2.03. The summed E-state index contributed by atoms with van der Waals surface area (Å²) in [6.07, 6.45) is 2.97. The van der Waals surface area contributed by atoms with Crippen molar-refractivity contribution in [2.45, 2.75) is 19.9 Å². The van der Waals surface area contributed by atoms with Crippen molar-refractivity contribution in [1.29, 1.82) is 0 Å².